The molecular weight excluding hydrogens is 217 g/mol. The van der Waals surface area contributed by atoms with Crippen molar-refractivity contribution in [1.82, 2.24) is 4.90 Å². The molecule has 1 aliphatic heterocycles. The third-order valence-electron chi connectivity index (χ3n) is 3.12. The third kappa shape index (κ3) is 2.50. The molecule has 2 rings (SSSR count). The maximum absolute atomic E-state index is 11.8. The smallest absolute Gasteiger partial charge is 0.151 e. The lowest BCUT2D eigenvalue weighted by atomic mass is 10.0. The highest BCUT2D eigenvalue weighted by atomic mass is 31.0. The number of hydrogen-bond donors (Lipinski definition) is 0. The Morgan fingerprint density at radius 3 is 2.62 bits per heavy atom. The van der Waals surface area contributed by atoms with Gasteiger partial charge in [-0.05, 0) is 31.1 Å². The van der Waals surface area contributed by atoms with E-state index in [4.69, 9.17) is 0 Å². The number of likely N-dealkylation sites (tertiary alicyclic amines) is 1. The number of benzene rings is 1. The predicted octanol–water partition coefficient (Wildman–Crippen LogP) is 2.27. The number of carbonyl (C=O) groups excluding carboxylic acids is 1. The Morgan fingerprint density at radius 2 is 2.12 bits per heavy atom. The maximum atomic E-state index is 11.8. The zero-order valence-electron chi connectivity index (χ0n) is 9.60. The second-order valence-electron chi connectivity index (χ2n) is 4.47. The molecule has 86 valence electrons. The van der Waals surface area contributed by atoms with Crippen molar-refractivity contribution in [3.8, 4) is 0 Å². The molecular formula is C13H18NOP. The van der Waals surface area contributed by atoms with Crippen molar-refractivity contribution in [3.63, 3.8) is 0 Å². The summed E-state index contributed by atoms with van der Waals surface area (Å²) < 4.78 is 0. The van der Waals surface area contributed by atoms with Gasteiger partial charge in [-0.3, -0.25) is 9.69 Å². The van der Waals surface area contributed by atoms with E-state index in [1.54, 1.807) is 6.92 Å². The molecule has 3 unspecified atom stereocenters. The Balaban J connectivity index is 2.21. The SMILES string of the molecule is CC(=O)C(c1ccccc1)N1CCC(P)C1. The minimum absolute atomic E-state index is 0.0493. The molecule has 3 atom stereocenters. The number of ketones is 1. The van der Waals surface area contributed by atoms with Gasteiger partial charge < -0.3 is 0 Å². The van der Waals surface area contributed by atoms with Crippen molar-refractivity contribution in [2.24, 2.45) is 0 Å². The number of hydrogen-bond acceptors (Lipinski definition) is 2. The average Bonchev–Trinajstić information content (AvgIpc) is 2.66. The van der Waals surface area contributed by atoms with E-state index >= 15 is 0 Å². The molecule has 2 nitrogen and oxygen atoms in total. The molecule has 3 heteroatoms. The first-order chi connectivity index (χ1) is 7.68. The van der Waals surface area contributed by atoms with Crippen LogP contribution in [0, 0.1) is 0 Å². The summed E-state index contributed by atoms with van der Waals surface area (Å²) in [4.78, 5) is 14.1. The molecule has 0 radical (unpaired) electrons. The molecule has 0 aliphatic carbocycles. The van der Waals surface area contributed by atoms with Crippen LogP contribution >= 0.6 is 9.24 Å². The number of rotatable bonds is 3. The van der Waals surface area contributed by atoms with Crippen molar-refractivity contribution < 1.29 is 4.79 Å². The van der Waals surface area contributed by atoms with E-state index in [1.165, 1.54) is 6.42 Å². The second kappa shape index (κ2) is 5.07. The Hall–Kier alpha value is -0.720. The quantitative estimate of drug-likeness (QED) is 0.749. The van der Waals surface area contributed by atoms with Gasteiger partial charge in [-0.25, -0.2) is 0 Å². The minimum Gasteiger partial charge on any atom is -0.298 e. The van der Waals surface area contributed by atoms with E-state index in [9.17, 15) is 4.79 Å². The zero-order valence-corrected chi connectivity index (χ0v) is 10.8. The molecule has 1 aromatic rings. The summed E-state index contributed by atoms with van der Waals surface area (Å²) in [6.07, 6.45) is 1.17. The van der Waals surface area contributed by atoms with Gasteiger partial charge in [-0.15, -0.1) is 9.24 Å². The second-order valence-corrected chi connectivity index (χ2v) is 5.41. The normalized spacial score (nSPS) is 23.2. The van der Waals surface area contributed by atoms with Crippen LogP contribution in [0.3, 0.4) is 0 Å². The molecule has 1 aliphatic rings. The van der Waals surface area contributed by atoms with Crippen molar-refractivity contribution in [1.29, 1.82) is 0 Å². The summed E-state index contributed by atoms with van der Waals surface area (Å²) in [5.74, 6) is 0.241. The van der Waals surface area contributed by atoms with Crippen LogP contribution in [0.2, 0.25) is 0 Å². The number of carbonyl (C=O) groups is 1. The van der Waals surface area contributed by atoms with Crippen LogP contribution < -0.4 is 0 Å². The molecule has 16 heavy (non-hydrogen) atoms. The molecule has 1 aromatic carbocycles. The van der Waals surface area contributed by atoms with E-state index in [1.807, 2.05) is 30.3 Å². The zero-order chi connectivity index (χ0) is 11.5. The summed E-state index contributed by atoms with van der Waals surface area (Å²) in [6.45, 7) is 3.71. The van der Waals surface area contributed by atoms with E-state index in [0.717, 1.165) is 18.7 Å². The Labute approximate surface area is 99.2 Å². The van der Waals surface area contributed by atoms with Gasteiger partial charge >= 0.3 is 0 Å². The molecule has 0 spiro atoms. The summed E-state index contributed by atoms with van der Waals surface area (Å²) in [6, 6.07) is 10.0. The lowest BCUT2D eigenvalue weighted by Gasteiger charge is -2.25. The highest BCUT2D eigenvalue weighted by Gasteiger charge is 2.29. The molecule has 1 fully saturated rings. The maximum Gasteiger partial charge on any atom is 0.151 e. The molecule has 0 saturated carbocycles. The van der Waals surface area contributed by atoms with Crippen LogP contribution in [-0.2, 0) is 4.79 Å². The molecule has 1 saturated heterocycles. The highest BCUT2D eigenvalue weighted by molar-refractivity contribution is 7.17. The number of Topliss-reactive ketones (excluding diaryl/α,β-unsaturated/α-hetero) is 1. The summed E-state index contributed by atoms with van der Waals surface area (Å²) in [7, 11) is 2.86. The van der Waals surface area contributed by atoms with Crippen LogP contribution in [0.1, 0.15) is 24.9 Å². The highest BCUT2D eigenvalue weighted by Crippen LogP contribution is 2.28. The van der Waals surface area contributed by atoms with Gasteiger partial charge in [0.1, 0.15) is 0 Å². The fourth-order valence-electron chi connectivity index (χ4n) is 2.39. The standard InChI is InChI=1S/C13H18NOP/c1-10(15)13(11-5-3-2-4-6-11)14-8-7-12(16)9-14/h2-6,12-13H,7-9,16H2,1H3. The Kier molecular flexibility index (Phi) is 3.73. The van der Waals surface area contributed by atoms with Crippen LogP contribution in [0.4, 0.5) is 0 Å². The van der Waals surface area contributed by atoms with Gasteiger partial charge in [0.2, 0.25) is 0 Å². The lowest BCUT2D eigenvalue weighted by molar-refractivity contribution is -0.122. The van der Waals surface area contributed by atoms with Gasteiger partial charge in [0.15, 0.2) is 5.78 Å². The molecule has 0 N–H and O–H groups in total. The van der Waals surface area contributed by atoms with Crippen LogP contribution in [-0.4, -0.2) is 29.4 Å². The van der Waals surface area contributed by atoms with E-state index in [0.29, 0.717) is 5.66 Å². The van der Waals surface area contributed by atoms with Crippen molar-refractivity contribution >= 4 is 15.0 Å². The van der Waals surface area contributed by atoms with Gasteiger partial charge in [0, 0.05) is 6.54 Å². The molecule has 0 amide bonds. The van der Waals surface area contributed by atoms with E-state index < -0.39 is 0 Å². The van der Waals surface area contributed by atoms with Crippen molar-refractivity contribution in [2.75, 3.05) is 13.1 Å². The Morgan fingerprint density at radius 1 is 1.44 bits per heavy atom. The molecule has 0 aromatic heterocycles. The summed E-state index contributed by atoms with van der Waals surface area (Å²) >= 11 is 0. The minimum atomic E-state index is -0.0493. The third-order valence-corrected chi connectivity index (χ3v) is 3.67. The fraction of sp³-hybridized carbons (Fsp3) is 0.462. The van der Waals surface area contributed by atoms with Gasteiger partial charge in [0.25, 0.3) is 0 Å². The first-order valence-electron chi connectivity index (χ1n) is 5.73. The summed E-state index contributed by atoms with van der Waals surface area (Å²) in [5, 5.41) is 0. The summed E-state index contributed by atoms with van der Waals surface area (Å²) in [5.41, 5.74) is 1.75. The van der Waals surface area contributed by atoms with Crippen LogP contribution in [0.25, 0.3) is 0 Å². The fourth-order valence-corrected chi connectivity index (χ4v) is 2.81. The number of nitrogens with zero attached hydrogens (tertiary/aromatic N) is 1. The van der Waals surface area contributed by atoms with Crippen molar-refractivity contribution in [3.05, 3.63) is 35.9 Å². The van der Waals surface area contributed by atoms with Crippen LogP contribution in [0.15, 0.2) is 30.3 Å². The Bertz CT molecular complexity index is 365. The van der Waals surface area contributed by atoms with Crippen LogP contribution in [0.5, 0.6) is 0 Å². The van der Waals surface area contributed by atoms with E-state index in [2.05, 4.69) is 14.1 Å². The molecule has 1 heterocycles. The van der Waals surface area contributed by atoms with Gasteiger partial charge in [-0.2, -0.15) is 0 Å². The molecule has 0 bridgehead atoms. The van der Waals surface area contributed by atoms with Gasteiger partial charge in [-0.1, -0.05) is 30.3 Å². The average molecular weight is 235 g/mol. The monoisotopic (exact) mass is 235 g/mol. The van der Waals surface area contributed by atoms with Crippen molar-refractivity contribution in [2.45, 2.75) is 25.0 Å². The topological polar surface area (TPSA) is 20.3 Å². The first-order valence-corrected chi connectivity index (χ1v) is 6.40. The van der Waals surface area contributed by atoms with Gasteiger partial charge in [0.05, 0.1) is 6.04 Å². The lowest BCUT2D eigenvalue weighted by Crippen LogP contribution is -2.31. The largest absolute Gasteiger partial charge is 0.298 e. The first kappa shape index (κ1) is 11.8. The van der Waals surface area contributed by atoms with E-state index in [-0.39, 0.29) is 11.8 Å². The predicted molar refractivity (Wildman–Crippen MR) is 69.6 cm³/mol.